The Balaban J connectivity index is 2.73. The van der Waals surface area contributed by atoms with Crippen LogP contribution in [-0.4, -0.2) is 12.1 Å². The number of halogens is 1. The standard InChI is InChI=1S/C21H30FNO/c1-12(2)20-15(6)19(17-9-8-16(22)10-14(17)5)18(11-24-7)21(23-20)13(3)4/h8-10,12-14,17H,11H2,1-7H3. The molecule has 0 bridgehead atoms. The van der Waals surface area contributed by atoms with Gasteiger partial charge in [-0.15, -0.1) is 0 Å². The van der Waals surface area contributed by atoms with E-state index < -0.39 is 0 Å². The SMILES string of the molecule is COCc1c(C(C)C)nc(C(C)C)c(C)c1C1C=CC(F)=CC1C. The summed E-state index contributed by atoms with van der Waals surface area (Å²) in [7, 11) is 1.72. The number of ether oxygens (including phenoxy) is 1. The second-order valence-corrected chi connectivity index (χ2v) is 7.44. The first kappa shape index (κ1) is 18.9. The van der Waals surface area contributed by atoms with Crippen LogP contribution in [0.3, 0.4) is 0 Å². The Morgan fingerprint density at radius 2 is 1.79 bits per heavy atom. The molecule has 1 aliphatic rings. The van der Waals surface area contributed by atoms with Crippen LogP contribution in [0.4, 0.5) is 4.39 Å². The van der Waals surface area contributed by atoms with E-state index in [-0.39, 0.29) is 17.7 Å². The lowest BCUT2D eigenvalue weighted by Gasteiger charge is -2.30. The third-order valence-electron chi connectivity index (χ3n) is 4.83. The number of aromatic nitrogens is 1. The quantitative estimate of drug-likeness (QED) is 0.667. The van der Waals surface area contributed by atoms with Crippen molar-refractivity contribution in [1.82, 2.24) is 4.98 Å². The predicted molar refractivity (Wildman–Crippen MR) is 98.1 cm³/mol. The molecule has 0 fully saturated rings. The summed E-state index contributed by atoms with van der Waals surface area (Å²) in [5.41, 5.74) is 5.91. The molecule has 0 aromatic carbocycles. The van der Waals surface area contributed by atoms with Gasteiger partial charge in [-0.05, 0) is 48.0 Å². The van der Waals surface area contributed by atoms with E-state index in [9.17, 15) is 4.39 Å². The first-order valence-electron chi connectivity index (χ1n) is 8.85. The van der Waals surface area contributed by atoms with Gasteiger partial charge in [0.1, 0.15) is 5.83 Å². The van der Waals surface area contributed by atoms with Gasteiger partial charge in [-0.2, -0.15) is 0 Å². The molecule has 2 unspecified atom stereocenters. The van der Waals surface area contributed by atoms with Gasteiger partial charge in [-0.1, -0.05) is 40.7 Å². The zero-order valence-corrected chi connectivity index (χ0v) is 16.0. The highest BCUT2D eigenvalue weighted by atomic mass is 19.1. The molecule has 1 aromatic heterocycles. The zero-order chi connectivity index (χ0) is 18.0. The maximum absolute atomic E-state index is 13.6. The molecule has 24 heavy (non-hydrogen) atoms. The molecule has 0 saturated heterocycles. The van der Waals surface area contributed by atoms with Gasteiger partial charge >= 0.3 is 0 Å². The van der Waals surface area contributed by atoms with E-state index in [2.05, 4.69) is 41.5 Å². The number of hydrogen-bond donors (Lipinski definition) is 0. The maximum atomic E-state index is 13.6. The van der Waals surface area contributed by atoms with E-state index in [4.69, 9.17) is 9.72 Å². The van der Waals surface area contributed by atoms with E-state index in [1.54, 1.807) is 19.3 Å². The summed E-state index contributed by atoms with van der Waals surface area (Å²) >= 11 is 0. The van der Waals surface area contributed by atoms with Gasteiger partial charge in [-0.3, -0.25) is 4.98 Å². The average molecular weight is 331 g/mol. The molecule has 0 N–H and O–H groups in total. The van der Waals surface area contributed by atoms with Gasteiger partial charge in [-0.25, -0.2) is 4.39 Å². The van der Waals surface area contributed by atoms with Crippen LogP contribution in [0, 0.1) is 12.8 Å². The molecule has 1 aliphatic carbocycles. The fraction of sp³-hybridized carbons (Fsp3) is 0.571. The van der Waals surface area contributed by atoms with Gasteiger partial charge in [0.25, 0.3) is 0 Å². The highest BCUT2D eigenvalue weighted by molar-refractivity contribution is 5.47. The lowest BCUT2D eigenvalue weighted by atomic mass is 9.77. The average Bonchev–Trinajstić information content (AvgIpc) is 2.48. The van der Waals surface area contributed by atoms with Crippen LogP contribution in [0.15, 0.2) is 24.1 Å². The highest BCUT2D eigenvalue weighted by Crippen LogP contribution is 2.40. The van der Waals surface area contributed by atoms with Crippen LogP contribution in [0.1, 0.15) is 80.5 Å². The number of allylic oxidation sites excluding steroid dienone is 4. The van der Waals surface area contributed by atoms with Crippen molar-refractivity contribution in [3.8, 4) is 0 Å². The lowest BCUT2D eigenvalue weighted by molar-refractivity contribution is 0.182. The Hall–Kier alpha value is -1.48. The first-order chi connectivity index (χ1) is 11.3. The van der Waals surface area contributed by atoms with E-state index in [0.29, 0.717) is 18.4 Å². The maximum Gasteiger partial charge on any atom is 0.119 e. The Labute approximate surface area is 145 Å². The molecule has 0 radical (unpaired) electrons. The van der Waals surface area contributed by atoms with Gasteiger partial charge < -0.3 is 4.74 Å². The van der Waals surface area contributed by atoms with Crippen molar-refractivity contribution in [3.63, 3.8) is 0 Å². The molecule has 1 aromatic rings. The molecule has 0 aliphatic heterocycles. The number of hydrogen-bond acceptors (Lipinski definition) is 2. The van der Waals surface area contributed by atoms with Gasteiger partial charge in [0.05, 0.1) is 6.61 Å². The zero-order valence-electron chi connectivity index (χ0n) is 16.0. The van der Waals surface area contributed by atoms with Crippen molar-refractivity contribution < 1.29 is 9.13 Å². The van der Waals surface area contributed by atoms with Crippen LogP contribution in [-0.2, 0) is 11.3 Å². The summed E-state index contributed by atoms with van der Waals surface area (Å²) in [4.78, 5) is 4.99. The third-order valence-corrected chi connectivity index (χ3v) is 4.83. The van der Waals surface area contributed by atoms with Gasteiger partial charge in [0.2, 0.25) is 0 Å². The fourth-order valence-electron chi connectivity index (χ4n) is 3.71. The molecular formula is C21H30FNO. The summed E-state index contributed by atoms with van der Waals surface area (Å²) in [6, 6.07) is 0. The van der Waals surface area contributed by atoms with Gasteiger partial charge in [0, 0.05) is 30.0 Å². The molecule has 132 valence electrons. The minimum Gasteiger partial charge on any atom is -0.380 e. The number of pyridine rings is 1. The molecule has 0 amide bonds. The smallest absolute Gasteiger partial charge is 0.119 e. The van der Waals surface area contributed by atoms with E-state index in [1.807, 2.05) is 6.08 Å². The fourth-order valence-corrected chi connectivity index (χ4v) is 3.71. The summed E-state index contributed by atoms with van der Waals surface area (Å²) in [5.74, 6) is 0.807. The number of nitrogens with zero attached hydrogens (tertiary/aromatic N) is 1. The van der Waals surface area contributed by atoms with E-state index in [0.717, 1.165) is 11.4 Å². The summed E-state index contributed by atoms with van der Waals surface area (Å²) in [6.07, 6.45) is 5.30. The molecule has 2 nitrogen and oxygen atoms in total. The predicted octanol–water partition coefficient (Wildman–Crippen LogP) is 5.93. The second-order valence-electron chi connectivity index (χ2n) is 7.44. The minimum absolute atomic E-state index is 0.117. The number of rotatable bonds is 5. The molecule has 3 heteroatoms. The van der Waals surface area contributed by atoms with E-state index >= 15 is 0 Å². The van der Waals surface area contributed by atoms with Crippen molar-refractivity contribution in [2.24, 2.45) is 5.92 Å². The highest BCUT2D eigenvalue weighted by Gasteiger charge is 2.28. The largest absolute Gasteiger partial charge is 0.380 e. The second kappa shape index (κ2) is 7.60. The molecule has 0 spiro atoms. The van der Waals surface area contributed by atoms with Crippen molar-refractivity contribution in [3.05, 3.63) is 52.1 Å². The van der Waals surface area contributed by atoms with Crippen molar-refractivity contribution in [1.29, 1.82) is 0 Å². The molecular weight excluding hydrogens is 301 g/mol. The van der Waals surface area contributed by atoms with Crippen LogP contribution in [0.25, 0.3) is 0 Å². The molecule has 2 rings (SSSR count). The molecule has 0 saturated carbocycles. The summed E-state index contributed by atoms with van der Waals surface area (Å²) < 4.78 is 19.1. The molecule has 1 heterocycles. The van der Waals surface area contributed by atoms with Crippen LogP contribution in [0.2, 0.25) is 0 Å². The first-order valence-corrected chi connectivity index (χ1v) is 8.85. The normalized spacial score (nSPS) is 20.8. The molecule has 2 atom stereocenters. The topological polar surface area (TPSA) is 22.1 Å². The lowest BCUT2D eigenvalue weighted by Crippen LogP contribution is -2.18. The Bertz CT molecular complexity index is 658. The van der Waals surface area contributed by atoms with Crippen LogP contribution < -0.4 is 0 Å². The monoisotopic (exact) mass is 331 g/mol. The summed E-state index contributed by atoms with van der Waals surface area (Å²) in [6.45, 7) is 13.5. The minimum atomic E-state index is -0.146. The summed E-state index contributed by atoms with van der Waals surface area (Å²) in [5, 5.41) is 0. The Kier molecular flexibility index (Phi) is 5.97. The Morgan fingerprint density at radius 3 is 2.29 bits per heavy atom. The van der Waals surface area contributed by atoms with Gasteiger partial charge in [0.15, 0.2) is 0 Å². The van der Waals surface area contributed by atoms with Crippen molar-refractivity contribution >= 4 is 0 Å². The Morgan fingerprint density at radius 1 is 1.17 bits per heavy atom. The van der Waals surface area contributed by atoms with Crippen LogP contribution in [0.5, 0.6) is 0 Å². The van der Waals surface area contributed by atoms with Crippen molar-refractivity contribution in [2.75, 3.05) is 7.11 Å². The van der Waals surface area contributed by atoms with E-state index in [1.165, 1.54) is 16.7 Å². The van der Waals surface area contributed by atoms with Crippen molar-refractivity contribution in [2.45, 2.75) is 65.9 Å². The third kappa shape index (κ3) is 3.61. The number of methoxy groups -OCH3 is 1. The van der Waals surface area contributed by atoms with Crippen LogP contribution >= 0.6 is 0 Å².